The Hall–Kier alpha value is -1.31. The van der Waals surface area contributed by atoms with Gasteiger partial charge in [0.05, 0.1) is 18.1 Å². The van der Waals surface area contributed by atoms with Crippen LogP contribution in [0.1, 0.15) is 23.7 Å². The molecular formula is C9H7F6NO. The minimum absolute atomic E-state index is 0.523. The van der Waals surface area contributed by atoms with Crippen LogP contribution in [0, 0.1) is 0 Å². The van der Waals surface area contributed by atoms with E-state index < -0.39 is 36.0 Å². The lowest BCUT2D eigenvalue weighted by Gasteiger charge is -2.17. The molecule has 0 saturated heterocycles. The lowest BCUT2D eigenvalue weighted by molar-refractivity contribution is -0.158. The van der Waals surface area contributed by atoms with E-state index in [0.29, 0.717) is 12.3 Å². The Morgan fingerprint density at radius 3 is 2.24 bits per heavy atom. The van der Waals surface area contributed by atoms with Crippen molar-refractivity contribution in [3.8, 4) is 0 Å². The van der Waals surface area contributed by atoms with Gasteiger partial charge in [0.25, 0.3) is 0 Å². The van der Waals surface area contributed by atoms with E-state index in [0.717, 1.165) is 6.20 Å². The first kappa shape index (κ1) is 13.8. The van der Waals surface area contributed by atoms with Crippen LogP contribution < -0.4 is 0 Å². The highest BCUT2D eigenvalue weighted by molar-refractivity contribution is 5.28. The highest BCUT2D eigenvalue weighted by Crippen LogP contribution is 2.37. The third kappa shape index (κ3) is 3.88. The lowest BCUT2D eigenvalue weighted by Crippen LogP contribution is -2.18. The van der Waals surface area contributed by atoms with E-state index in [1.165, 1.54) is 0 Å². The van der Waals surface area contributed by atoms with Crippen LogP contribution in [-0.4, -0.2) is 16.3 Å². The molecule has 0 aromatic carbocycles. The number of pyridine rings is 1. The zero-order valence-electron chi connectivity index (χ0n) is 8.18. The van der Waals surface area contributed by atoms with Gasteiger partial charge < -0.3 is 5.11 Å². The first-order chi connectivity index (χ1) is 7.61. The summed E-state index contributed by atoms with van der Waals surface area (Å²) in [6, 6.07) is 0.523. The van der Waals surface area contributed by atoms with Crippen LogP contribution in [0.15, 0.2) is 18.5 Å². The van der Waals surface area contributed by atoms with Crippen molar-refractivity contribution in [2.45, 2.75) is 24.9 Å². The molecule has 0 spiro atoms. The van der Waals surface area contributed by atoms with Crippen LogP contribution >= 0.6 is 0 Å². The normalized spacial score (nSPS) is 14.8. The molecule has 0 amide bonds. The highest BCUT2D eigenvalue weighted by Gasteiger charge is 2.38. The van der Waals surface area contributed by atoms with Gasteiger partial charge in [0, 0.05) is 18.0 Å². The number of aromatic nitrogens is 1. The molecule has 1 N–H and O–H groups in total. The second-order valence-electron chi connectivity index (χ2n) is 3.30. The average Bonchev–Trinajstić information content (AvgIpc) is 2.13. The van der Waals surface area contributed by atoms with Crippen molar-refractivity contribution >= 4 is 0 Å². The number of hydrogen-bond acceptors (Lipinski definition) is 2. The Bertz CT molecular complexity index is 386. The molecule has 8 heteroatoms. The summed E-state index contributed by atoms with van der Waals surface area (Å²) in [6.07, 6.45) is -12.2. The number of aliphatic hydroxyl groups excluding tert-OH is 1. The Balaban J connectivity index is 3.06. The first-order valence-corrected chi connectivity index (χ1v) is 4.37. The third-order valence-corrected chi connectivity index (χ3v) is 1.94. The summed E-state index contributed by atoms with van der Waals surface area (Å²) in [5.41, 5.74) is -2.19. The minimum Gasteiger partial charge on any atom is -0.388 e. The van der Waals surface area contributed by atoms with Gasteiger partial charge in [-0.1, -0.05) is 0 Å². The number of alkyl halides is 6. The Kier molecular flexibility index (Phi) is 3.65. The standard InChI is InChI=1S/C9H7F6NO/c10-8(11,12)3-7(17)5-4-16-2-1-6(5)9(13,14)15/h1-2,4,7,17H,3H2. The fraction of sp³-hybridized carbons (Fsp3) is 0.444. The van der Waals surface area contributed by atoms with E-state index in [2.05, 4.69) is 4.98 Å². The van der Waals surface area contributed by atoms with Gasteiger partial charge in [0.15, 0.2) is 0 Å². The van der Waals surface area contributed by atoms with Crippen molar-refractivity contribution in [3.05, 3.63) is 29.6 Å². The minimum atomic E-state index is -4.83. The maximum absolute atomic E-state index is 12.4. The number of halogens is 6. The third-order valence-electron chi connectivity index (χ3n) is 1.94. The van der Waals surface area contributed by atoms with E-state index in [-0.39, 0.29) is 0 Å². The molecule has 1 rings (SSSR count). The molecule has 0 aliphatic carbocycles. The van der Waals surface area contributed by atoms with Crippen molar-refractivity contribution in [2.24, 2.45) is 0 Å². The van der Waals surface area contributed by atoms with E-state index in [1.807, 2.05) is 0 Å². The SMILES string of the molecule is OC(CC(F)(F)F)c1cnccc1C(F)(F)F. The molecular weight excluding hydrogens is 252 g/mol. The molecule has 0 radical (unpaired) electrons. The molecule has 17 heavy (non-hydrogen) atoms. The Morgan fingerprint density at radius 2 is 1.76 bits per heavy atom. The summed E-state index contributed by atoms with van der Waals surface area (Å²) in [5, 5.41) is 9.14. The van der Waals surface area contributed by atoms with Crippen LogP contribution in [0.4, 0.5) is 26.3 Å². The summed E-state index contributed by atoms with van der Waals surface area (Å²) >= 11 is 0. The summed E-state index contributed by atoms with van der Waals surface area (Å²) in [4.78, 5) is 3.28. The van der Waals surface area contributed by atoms with Crippen molar-refractivity contribution in [1.82, 2.24) is 4.98 Å². The van der Waals surface area contributed by atoms with Crippen molar-refractivity contribution in [2.75, 3.05) is 0 Å². The maximum Gasteiger partial charge on any atom is 0.416 e. The van der Waals surface area contributed by atoms with E-state index in [1.54, 1.807) is 0 Å². The van der Waals surface area contributed by atoms with E-state index in [4.69, 9.17) is 5.11 Å². The molecule has 1 atom stereocenters. The van der Waals surface area contributed by atoms with Gasteiger partial charge in [-0.25, -0.2) is 0 Å². The zero-order valence-corrected chi connectivity index (χ0v) is 8.18. The van der Waals surface area contributed by atoms with Gasteiger partial charge in [0.1, 0.15) is 0 Å². The van der Waals surface area contributed by atoms with Gasteiger partial charge in [0.2, 0.25) is 0 Å². The van der Waals surface area contributed by atoms with Gasteiger partial charge in [-0.05, 0) is 6.07 Å². The van der Waals surface area contributed by atoms with Crippen LogP contribution in [0.5, 0.6) is 0 Å². The van der Waals surface area contributed by atoms with Crippen LogP contribution in [0.25, 0.3) is 0 Å². The van der Waals surface area contributed by atoms with Crippen LogP contribution in [0.2, 0.25) is 0 Å². The summed E-state index contributed by atoms with van der Waals surface area (Å²) in [6.45, 7) is 0. The molecule has 0 aliphatic heterocycles. The fourth-order valence-corrected chi connectivity index (χ4v) is 1.26. The fourth-order valence-electron chi connectivity index (χ4n) is 1.26. The summed E-state index contributed by atoms with van der Waals surface area (Å²) < 4.78 is 73.1. The smallest absolute Gasteiger partial charge is 0.388 e. The molecule has 0 saturated carbocycles. The Morgan fingerprint density at radius 1 is 1.18 bits per heavy atom. The second-order valence-corrected chi connectivity index (χ2v) is 3.30. The molecule has 0 fully saturated rings. The molecule has 0 aliphatic rings. The molecule has 1 aromatic heterocycles. The molecule has 0 bridgehead atoms. The van der Waals surface area contributed by atoms with Crippen molar-refractivity contribution < 1.29 is 31.4 Å². The monoisotopic (exact) mass is 259 g/mol. The van der Waals surface area contributed by atoms with Gasteiger partial charge >= 0.3 is 12.4 Å². The highest BCUT2D eigenvalue weighted by atomic mass is 19.4. The number of aliphatic hydroxyl groups is 1. The van der Waals surface area contributed by atoms with Gasteiger partial charge in [-0.3, -0.25) is 4.98 Å². The van der Waals surface area contributed by atoms with Crippen molar-refractivity contribution in [3.63, 3.8) is 0 Å². The predicted octanol–water partition coefficient (Wildman–Crippen LogP) is 3.09. The first-order valence-electron chi connectivity index (χ1n) is 4.37. The number of rotatable bonds is 2. The lowest BCUT2D eigenvalue weighted by atomic mass is 10.0. The summed E-state index contributed by atoms with van der Waals surface area (Å²) in [7, 11) is 0. The average molecular weight is 259 g/mol. The van der Waals surface area contributed by atoms with E-state index in [9.17, 15) is 26.3 Å². The zero-order chi connectivity index (χ0) is 13.3. The van der Waals surface area contributed by atoms with Gasteiger partial charge in [-0.15, -0.1) is 0 Å². The van der Waals surface area contributed by atoms with Crippen molar-refractivity contribution in [1.29, 1.82) is 0 Å². The topological polar surface area (TPSA) is 33.1 Å². The van der Waals surface area contributed by atoms with Gasteiger partial charge in [-0.2, -0.15) is 26.3 Å². The number of nitrogens with zero attached hydrogens (tertiary/aromatic N) is 1. The molecule has 96 valence electrons. The summed E-state index contributed by atoms with van der Waals surface area (Å²) in [5.74, 6) is 0. The molecule has 1 unspecified atom stereocenters. The van der Waals surface area contributed by atoms with Crippen LogP contribution in [0.3, 0.4) is 0 Å². The Labute approximate surface area is 91.9 Å². The maximum atomic E-state index is 12.4. The van der Waals surface area contributed by atoms with E-state index >= 15 is 0 Å². The van der Waals surface area contributed by atoms with Crippen LogP contribution in [-0.2, 0) is 6.18 Å². The predicted molar refractivity (Wildman–Crippen MR) is 44.9 cm³/mol. The largest absolute Gasteiger partial charge is 0.416 e. The number of hydrogen-bond donors (Lipinski definition) is 1. The molecule has 1 heterocycles. The molecule has 2 nitrogen and oxygen atoms in total. The quantitative estimate of drug-likeness (QED) is 0.828. The second kappa shape index (κ2) is 4.52. The molecule has 1 aromatic rings.